The summed E-state index contributed by atoms with van der Waals surface area (Å²) in [5.74, 6) is 0.107. The molecular formula is C17H29N3O. The zero-order valence-corrected chi connectivity index (χ0v) is 13.8. The van der Waals surface area contributed by atoms with E-state index in [1.54, 1.807) is 0 Å². The summed E-state index contributed by atoms with van der Waals surface area (Å²) in [5, 5.41) is 2.98. The lowest BCUT2D eigenvalue weighted by Crippen LogP contribution is -2.32. The summed E-state index contributed by atoms with van der Waals surface area (Å²) >= 11 is 0. The number of aryl methyl sites for hydroxylation is 1. The lowest BCUT2D eigenvalue weighted by atomic mass is 10.1. The molecule has 1 atom stereocenters. The van der Waals surface area contributed by atoms with Crippen LogP contribution in [0.25, 0.3) is 0 Å². The van der Waals surface area contributed by atoms with E-state index in [-0.39, 0.29) is 11.9 Å². The van der Waals surface area contributed by atoms with E-state index < -0.39 is 0 Å². The van der Waals surface area contributed by atoms with Crippen molar-refractivity contribution < 1.29 is 4.79 Å². The Kier molecular flexibility index (Phi) is 7.06. The topological polar surface area (TPSA) is 58.4 Å². The van der Waals surface area contributed by atoms with Crippen LogP contribution in [0.1, 0.15) is 46.1 Å². The van der Waals surface area contributed by atoms with Crippen molar-refractivity contribution in [2.75, 3.05) is 23.7 Å². The van der Waals surface area contributed by atoms with Crippen LogP contribution < -0.4 is 16.0 Å². The van der Waals surface area contributed by atoms with Gasteiger partial charge < -0.3 is 16.0 Å². The van der Waals surface area contributed by atoms with Gasteiger partial charge in [0.1, 0.15) is 0 Å². The molecule has 4 nitrogen and oxygen atoms in total. The molecule has 4 heteroatoms. The van der Waals surface area contributed by atoms with E-state index in [2.05, 4.69) is 43.1 Å². The van der Waals surface area contributed by atoms with E-state index in [9.17, 15) is 4.79 Å². The maximum absolute atomic E-state index is 11.8. The summed E-state index contributed by atoms with van der Waals surface area (Å²) in [5.41, 5.74) is 9.12. The highest BCUT2D eigenvalue weighted by molar-refractivity contribution is 5.76. The van der Waals surface area contributed by atoms with Crippen LogP contribution >= 0.6 is 0 Å². The predicted molar refractivity (Wildman–Crippen MR) is 90.6 cm³/mol. The van der Waals surface area contributed by atoms with Crippen LogP contribution in [0.3, 0.4) is 0 Å². The summed E-state index contributed by atoms with van der Waals surface area (Å²) in [6.07, 6.45) is 2.19. The Balaban J connectivity index is 2.62. The Hall–Kier alpha value is -1.71. The molecule has 1 rings (SSSR count). The first-order valence-electron chi connectivity index (χ1n) is 7.94. The Morgan fingerprint density at radius 2 is 1.95 bits per heavy atom. The van der Waals surface area contributed by atoms with Crippen molar-refractivity contribution in [1.82, 2.24) is 5.32 Å². The largest absolute Gasteiger partial charge is 0.397 e. The van der Waals surface area contributed by atoms with E-state index in [0.29, 0.717) is 6.42 Å². The van der Waals surface area contributed by atoms with Gasteiger partial charge >= 0.3 is 0 Å². The highest BCUT2D eigenvalue weighted by atomic mass is 16.1. The first-order chi connectivity index (χ1) is 10.0. The Bertz CT molecular complexity index is 455. The van der Waals surface area contributed by atoms with Crippen molar-refractivity contribution in [2.24, 2.45) is 0 Å². The van der Waals surface area contributed by atoms with Crippen molar-refractivity contribution in [1.29, 1.82) is 0 Å². The van der Waals surface area contributed by atoms with Gasteiger partial charge in [-0.05, 0) is 51.3 Å². The van der Waals surface area contributed by atoms with Crippen molar-refractivity contribution >= 4 is 17.3 Å². The second-order valence-electron chi connectivity index (χ2n) is 5.44. The summed E-state index contributed by atoms with van der Waals surface area (Å²) in [4.78, 5) is 14.0. The van der Waals surface area contributed by atoms with Crippen molar-refractivity contribution in [2.45, 2.75) is 53.0 Å². The lowest BCUT2D eigenvalue weighted by molar-refractivity contribution is -0.121. The van der Waals surface area contributed by atoms with Crippen LogP contribution in [0.15, 0.2) is 18.2 Å². The molecule has 1 unspecified atom stereocenters. The summed E-state index contributed by atoms with van der Waals surface area (Å²) in [6, 6.07) is 6.36. The van der Waals surface area contributed by atoms with Gasteiger partial charge in [-0.2, -0.15) is 0 Å². The van der Waals surface area contributed by atoms with Gasteiger partial charge in [0.05, 0.1) is 11.4 Å². The second-order valence-corrected chi connectivity index (χ2v) is 5.44. The zero-order valence-electron chi connectivity index (χ0n) is 13.8. The first-order valence-corrected chi connectivity index (χ1v) is 7.94. The van der Waals surface area contributed by atoms with Crippen LogP contribution in [0.5, 0.6) is 0 Å². The molecule has 21 heavy (non-hydrogen) atoms. The molecule has 0 bridgehead atoms. The molecule has 0 saturated heterocycles. The van der Waals surface area contributed by atoms with Crippen LogP contribution in [0.2, 0.25) is 0 Å². The number of benzene rings is 1. The maximum atomic E-state index is 11.8. The van der Waals surface area contributed by atoms with Gasteiger partial charge in [0.25, 0.3) is 0 Å². The predicted octanol–water partition coefficient (Wildman–Crippen LogP) is 2.96. The third-order valence-corrected chi connectivity index (χ3v) is 3.86. The Morgan fingerprint density at radius 3 is 2.48 bits per heavy atom. The Labute approximate surface area is 128 Å². The number of nitrogens with zero attached hydrogens (tertiary/aromatic N) is 1. The molecule has 0 aliphatic carbocycles. The second kappa shape index (κ2) is 8.55. The van der Waals surface area contributed by atoms with E-state index in [4.69, 9.17) is 5.73 Å². The van der Waals surface area contributed by atoms with E-state index >= 15 is 0 Å². The maximum Gasteiger partial charge on any atom is 0.220 e. The number of hydrogen-bond donors (Lipinski definition) is 2. The third kappa shape index (κ3) is 5.29. The highest BCUT2D eigenvalue weighted by Gasteiger charge is 2.09. The number of nitrogens with two attached hydrogens (primary N) is 1. The number of hydrogen-bond acceptors (Lipinski definition) is 3. The number of nitrogens with one attached hydrogen (secondary N) is 1. The van der Waals surface area contributed by atoms with Crippen molar-refractivity contribution in [3.8, 4) is 0 Å². The molecular weight excluding hydrogens is 262 g/mol. The quantitative estimate of drug-likeness (QED) is 0.724. The fourth-order valence-corrected chi connectivity index (χ4v) is 2.32. The molecule has 0 radical (unpaired) electrons. The molecule has 0 aliphatic heterocycles. The smallest absolute Gasteiger partial charge is 0.220 e. The molecule has 1 aromatic carbocycles. The normalized spacial score (nSPS) is 12.0. The van der Waals surface area contributed by atoms with Gasteiger partial charge in [-0.3, -0.25) is 4.79 Å². The van der Waals surface area contributed by atoms with Crippen LogP contribution in [0, 0.1) is 0 Å². The minimum absolute atomic E-state index is 0.107. The number of anilines is 2. The minimum Gasteiger partial charge on any atom is -0.397 e. The fourth-order valence-electron chi connectivity index (χ4n) is 2.32. The number of carbonyl (C=O) groups excluding carboxylic acids is 1. The van der Waals surface area contributed by atoms with E-state index in [1.165, 1.54) is 0 Å². The average Bonchev–Trinajstić information content (AvgIpc) is 2.48. The summed E-state index contributed by atoms with van der Waals surface area (Å²) < 4.78 is 0. The SMILES string of the molecule is CCC(C)NC(=O)CCc1ccc(N(CC)CC)c(N)c1. The summed E-state index contributed by atoms with van der Waals surface area (Å²) in [6.45, 7) is 10.2. The van der Waals surface area contributed by atoms with Crippen molar-refractivity contribution in [3.05, 3.63) is 23.8 Å². The molecule has 1 aromatic rings. The molecule has 0 heterocycles. The molecule has 1 amide bonds. The number of amides is 1. The van der Waals surface area contributed by atoms with Gasteiger partial charge in [-0.25, -0.2) is 0 Å². The molecule has 0 aliphatic rings. The molecule has 3 N–H and O–H groups in total. The number of nitrogen functional groups attached to an aromatic ring is 1. The highest BCUT2D eigenvalue weighted by Crippen LogP contribution is 2.24. The standard InChI is InChI=1S/C17H29N3O/c1-5-13(4)19-17(21)11-9-14-8-10-16(15(18)12-14)20(6-2)7-3/h8,10,12-13H,5-7,9,11,18H2,1-4H3,(H,19,21). The molecule has 0 fully saturated rings. The van der Waals surface area contributed by atoms with Crippen molar-refractivity contribution in [3.63, 3.8) is 0 Å². The Morgan fingerprint density at radius 1 is 1.29 bits per heavy atom. The van der Waals surface area contributed by atoms with E-state index in [1.807, 2.05) is 13.0 Å². The lowest BCUT2D eigenvalue weighted by Gasteiger charge is -2.23. The fraction of sp³-hybridized carbons (Fsp3) is 0.588. The molecule has 0 aromatic heterocycles. The van der Waals surface area contributed by atoms with Gasteiger partial charge in [0, 0.05) is 25.6 Å². The number of rotatable bonds is 8. The average molecular weight is 291 g/mol. The van der Waals surface area contributed by atoms with Crippen LogP contribution in [-0.4, -0.2) is 25.0 Å². The third-order valence-electron chi connectivity index (χ3n) is 3.86. The summed E-state index contributed by atoms with van der Waals surface area (Å²) in [7, 11) is 0. The van der Waals surface area contributed by atoms with Gasteiger partial charge in [0.15, 0.2) is 0 Å². The first kappa shape index (κ1) is 17.3. The van der Waals surface area contributed by atoms with Gasteiger partial charge in [0.2, 0.25) is 5.91 Å². The van der Waals surface area contributed by atoms with Crippen LogP contribution in [-0.2, 0) is 11.2 Å². The zero-order chi connectivity index (χ0) is 15.8. The van der Waals surface area contributed by atoms with Crippen LogP contribution in [0.4, 0.5) is 11.4 Å². The number of carbonyl (C=O) groups is 1. The molecule has 0 spiro atoms. The van der Waals surface area contributed by atoms with Gasteiger partial charge in [-0.15, -0.1) is 0 Å². The van der Waals surface area contributed by atoms with E-state index in [0.717, 1.165) is 42.9 Å². The monoisotopic (exact) mass is 291 g/mol. The molecule has 0 saturated carbocycles. The van der Waals surface area contributed by atoms with Gasteiger partial charge in [-0.1, -0.05) is 13.0 Å². The minimum atomic E-state index is 0.107. The molecule has 118 valence electrons.